The molecular weight excluding hydrogens is 380 g/mol. The molecule has 1 aliphatic rings. The maximum absolute atomic E-state index is 11.3. The number of hydrogen-bond acceptors (Lipinski definition) is 1. The number of alkyl halides is 2. The zero-order valence-electron chi connectivity index (χ0n) is 6.85. The molecule has 1 N–H and O–H groups in total. The molecular formula is C8H13I2NO. The lowest BCUT2D eigenvalue weighted by atomic mass is 9.95. The van der Waals surface area contributed by atoms with E-state index < -0.39 is 0 Å². The Labute approximate surface area is 101 Å². The number of carbonyl (C=O) groups is 1. The topological polar surface area (TPSA) is 29.1 Å². The highest BCUT2D eigenvalue weighted by atomic mass is 127. The van der Waals surface area contributed by atoms with Crippen LogP contribution >= 0.6 is 45.2 Å². The van der Waals surface area contributed by atoms with Gasteiger partial charge in [-0.05, 0) is 12.8 Å². The van der Waals surface area contributed by atoms with Crippen molar-refractivity contribution in [2.75, 3.05) is 0 Å². The van der Waals surface area contributed by atoms with Gasteiger partial charge in [0.25, 0.3) is 0 Å². The van der Waals surface area contributed by atoms with Crippen LogP contribution in [0.3, 0.4) is 0 Å². The molecule has 1 rings (SSSR count). The second kappa shape index (κ2) is 5.62. The molecule has 1 aliphatic carbocycles. The van der Waals surface area contributed by atoms with Crippen molar-refractivity contribution in [3.05, 3.63) is 0 Å². The highest BCUT2D eigenvalue weighted by molar-refractivity contribution is 14.2. The summed E-state index contributed by atoms with van der Waals surface area (Å²) in [4.78, 5) is 11.3. The Hall–Kier alpha value is 0.930. The first kappa shape index (κ1) is 11.0. The fourth-order valence-electron chi connectivity index (χ4n) is 1.51. The van der Waals surface area contributed by atoms with Gasteiger partial charge in [-0.15, -0.1) is 0 Å². The summed E-state index contributed by atoms with van der Waals surface area (Å²) >= 11 is 4.28. The Bertz CT molecular complexity index is 155. The molecule has 2 nitrogen and oxygen atoms in total. The molecule has 0 bridgehead atoms. The van der Waals surface area contributed by atoms with Gasteiger partial charge in [0, 0.05) is 6.04 Å². The molecule has 0 spiro atoms. The number of carbonyl (C=O) groups excluding carboxylic acids is 1. The first-order valence-corrected chi connectivity index (χ1v) is 6.78. The van der Waals surface area contributed by atoms with Crippen molar-refractivity contribution in [3.8, 4) is 0 Å². The average Bonchev–Trinajstić information content (AvgIpc) is 2.06. The molecule has 1 saturated carbocycles. The molecule has 0 aromatic heterocycles. The van der Waals surface area contributed by atoms with Crippen molar-refractivity contribution < 1.29 is 4.79 Å². The molecule has 0 aromatic rings. The lowest BCUT2D eigenvalue weighted by Crippen LogP contribution is -2.38. The van der Waals surface area contributed by atoms with Crippen LogP contribution in [0.4, 0.5) is 0 Å². The summed E-state index contributed by atoms with van der Waals surface area (Å²) in [5.41, 5.74) is 0. The Morgan fingerprint density at radius 1 is 1.25 bits per heavy atom. The summed E-state index contributed by atoms with van der Waals surface area (Å²) in [5.74, 6) is 0.183. The van der Waals surface area contributed by atoms with Crippen molar-refractivity contribution in [3.63, 3.8) is 0 Å². The number of rotatable bonds is 2. The fraction of sp³-hybridized carbons (Fsp3) is 0.875. The summed E-state index contributed by atoms with van der Waals surface area (Å²) < 4.78 is 0.0714. The van der Waals surface area contributed by atoms with Crippen LogP contribution < -0.4 is 5.32 Å². The number of hydrogen-bond donors (Lipinski definition) is 1. The molecule has 0 heterocycles. The van der Waals surface area contributed by atoms with Gasteiger partial charge in [-0.25, -0.2) is 0 Å². The maximum atomic E-state index is 11.3. The van der Waals surface area contributed by atoms with E-state index in [1.54, 1.807) is 0 Å². The number of amides is 1. The minimum absolute atomic E-state index is 0.0714. The standard InChI is InChI=1S/C8H13I2NO/c9-7(10)8(12)11-6-4-2-1-3-5-6/h6-7H,1-5H2,(H,11,12). The summed E-state index contributed by atoms with van der Waals surface area (Å²) in [6.45, 7) is 0. The van der Waals surface area contributed by atoms with Gasteiger partial charge in [0.2, 0.25) is 5.91 Å². The van der Waals surface area contributed by atoms with Crippen LogP contribution in [-0.2, 0) is 4.79 Å². The largest absolute Gasteiger partial charge is 0.352 e. The lowest BCUT2D eigenvalue weighted by Gasteiger charge is -2.22. The van der Waals surface area contributed by atoms with Crippen LogP contribution in [0, 0.1) is 0 Å². The molecule has 0 unspecified atom stereocenters. The maximum Gasteiger partial charge on any atom is 0.243 e. The van der Waals surface area contributed by atoms with E-state index in [0.717, 1.165) is 0 Å². The minimum atomic E-state index is 0.0714. The minimum Gasteiger partial charge on any atom is -0.352 e. The van der Waals surface area contributed by atoms with Crippen LogP contribution in [0.25, 0.3) is 0 Å². The summed E-state index contributed by atoms with van der Waals surface area (Å²) in [7, 11) is 0. The Kier molecular flexibility index (Phi) is 5.15. The van der Waals surface area contributed by atoms with Crippen LogP contribution in [-0.4, -0.2) is 13.9 Å². The lowest BCUT2D eigenvalue weighted by molar-refractivity contribution is -0.119. The molecule has 1 amide bonds. The van der Waals surface area contributed by atoms with Gasteiger partial charge < -0.3 is 5.32 Å². The van der Waals surface area contributed by atoms with Gasteiger partial charge in [0.15, 0.2) is 0 Å². The smallest absolute Gasteiger partial charge is 0.243 e. The highest BCUT2D eigenvalue weighted by Crippen LogP contribution is 2.18. The van der Waals surface area contributed by atoms with Crippen LogP contribution in [0.1, 0.15) is 32.1 Å². The predicted molar refractivity (Wildman–Crippen MR) is 66.8 cm³/mol. The van der Waals surface area contributed by atoms with E-state index in [0.29, 0.717) is 6.04 Å². The van der Waals surface area contributed by atoms with Gasteiger partial charge in [0.05, 0.1) is 0 Å². The third-order valence-corrected chi connectivity index (χ3v) is 3.28. The Balaban J connectivity index is 2.24. The van der Waals surface area contributed by atoms with E-state index in [-0.39, 0.29) is 7.84 Å². The van der Waals surface area contributed by atoms with Crippen molar-refractivity contribution in [1.82, 2.24) is 5.32 Å². The average molecular weight is 393 g/mol. The summed E-state index contributed by atoms with van der Waals surface area (Å²) in [6.07, 6.45) is 6.23. The SMILES string of the molecule is O=C(NC1CCCCC1)C(I)I. The molecule has 12 heavy (non-hydrogen) atoms. The van der Waals surface area contributed by atoms with Crippen LogP contribution in [0.15, 0.2) is 0 Å². The Morgan fingerprint density at radius 3 is 2.33 bits per heavy atom. The molecule has 0 aliphatic heterocycles. The van der Waals surface area contributed by atoms with Crippen molar-refractivity contribution in [2.24, 2.45) is 0 Å². The molecule has 0 aromatic carbocycles. The fourth-order valence-corrected chi connectivity index (χ4v) is 1.87. The second-order valence-corrected chi connectivity index (χ2v) is 8.02. The van der Waals surface area contributed by atoms with Gasteiger partial charge in [-0.3, -0.25) is 4.79 Å². The molecule has 0 saturated heterocycles. The van der Waals surface area contributed by atoms with E-state index in [1.807, 2.05) is 0 Å². The molecule has 70 valence electrons. The summed E-state index contributed by atoms with van der Waals surface area (Å²) in [6, 6.07) is 0.457. The first-order chi connectivity index (χ1) is 5.70. The number of nitrogens with one attached hydrogen (secondary N) is 1. The monoisotopic (exact) mass is 393 g/mol. The number of halogens is 2. The van der Waals surface area contributed by atoms with E-state index in [2.05, 4.69) is 50.5 Å². The van der Waals surface area contributed by atoms with E-state index in [4.69, 9.17) is 0 Å². The zero-order valence-corrected chi connectivity index (χ0v) is 11.2. The summed E-state index contributed by atoms with van der Waals surface area (Å²) in [5, 5.41) is 3.06. The van der Waals surface area contributed by atoms with Gasteiger partial charge >= 0.3 is 0 Å². The van der Waals surface area contributed by atoms with E-state index in [1.165, 1.54) is 32.1 Å². The van der Waals surface area contributed by atoms with E-state index in [9.17, 15) is 4.79 Å². The first-order valence-electron chi connectivity index (χ1n) is 4.28. The third kappa shape index (κ3) is 3.76. The third-order valence-electron chi connectivity index (χ3n) is 2.15. The van der Waals surface area contributed by atoms with Crippen LogP contribution in [0.5, 0.6) is 0 Å². The molecule has 4 heteroatoms. The second-order valence-electron chi connectivity index (χ2n) is 3.14. The van der Waals surface area contributed by atoms with Crippen molar-refractivity contribution >= 4 is 51.1 Å². The van der Waals surface area contributed by atoms with Gasteiger partial charge in [0.1, 0.15) is 1.93 Å². The van der Waals surface area contributed by atoms with Gasteiger partial charge in [-0.1, -0.05) is 64.4 Å². The predicted octanol–water partition coefficient (Wildman–Crippen LogP) is 2.63. The zero-order chi connectivity index (χ0) is 8.97. The van der Waals surface area contributed by atoms with E-state index >= 15 is 0 Å². The molecule has 0 atom stereocenters. The Morgan fingerprint density at radius 2 is 1.83 bits per heavy atom. The van der Waals surface area contributed by atoms with Gasteiger partial charge in [-0.2, -0.15) is 0 Å². The molecule has 0 radical (unpaired) electrons. The highest BCUT2D eigenvalue weighted by Gasteiger charge is 2.18. The molecule has 1 fully saturated rings. The van der Waals surface area contributed by atoms with Crippen LogP contribution in [0.2, 0.25) is 0 Å². The van der Waals surface area contributed by atoms with Crippen molar-refractivity contribution in [2.45, 2.75) is 40.1 Å². The normalized spacial score (nSPS) is 19.6. The van der Waals surface area contributed by atoms with Crippen molar-refractivity contribution in [1.29, 1.82) is 0 Å². The quantitative estimate of drug-likeness (QED) is 0.568.